The lowest BCUT2D eigenvalue weighted by Crippen LogP contribution is -2.13. The summed E-state index contributed by atoms with van der Waals surface area (Å²) in [6.45, 7) is 1.42. The van der Waals surface area contributed by atoms with E-state index in [4.69, 9.17) is 4.74 Å². The second-order valence-corrected chi connectivity index (χ2v) is 4.60. The van der Waals surface area contributed by atoms with Crippen LogP contribution in [0.2, 0.25) is 0 Å². The summed E-state index contributed by atoms with van der Waals surface area (Å²) >= 11 is 2.20. The topological polar surface area (TPSA) is 47.3 Å². The molecule has 1 saturated heterocycles. The summed E-state index contributed by atoms with van der Waals surface area (Å²) in [5.74, 6) is 0.229. The van der Waals surface area contributed by atoms with Crippen molar-refractivity contribution in [3.05, 3.63) is 15.5 Å². The van der Waals surface area contributed by atoms with E-state index in [2.05, 4.69) is 27.7 Å². The normalized spacial score (nSPS) is 24.1. The molecule has 0 saturated carbocycles. The van der Waals surface area contributed by atoms with Crippen molar-refractivity contribution < 1.29 is 9.84 Å². The van der Waals surface area contributed by atoms with Crippen LogP contribution in [0.4, 0.5) is 0 Å². The van der Waals surface area contributed by atoms with Crippen molar-refractivity contribution in [3.8, 4) is 0 Å². The van der Waals surface area contributed by atoms with Crippen molar-refractivity contribution in [1.29, 1.82) is 0 Å². The summed E-state index contributed by atoms with van der Waals surface area (Å²) in [4.78, 5) is 0. The Labute approximate surface area is 96.4 Å². The van der Waals surface area contributed by atoms with E-state index >= 15 is 0 Å². The highest BCUT2D eigenvalue weighted by molar-refractivity contribution is 14.1. The van der Waals surface area contributed by atoms with E-state index < -0.39 is 6.10 Å². The monoisotopic (exact) mass is 308 g/mol. The van der Waals surface area contributed by atoms with Crippen LogP contribution in [0.25, 0.3) is 0 Å². The molecule has 1 aromatic rings. The highest BCUT2D eigenvalue weighted by Crippen LogP contribution is 2.30. The maximum absolute atomic E-state index is 10.1. The molecule has 0 aliphatic carbocycles. The molecular formula is C9H13IN2O2. The van der Waals surface area contributed by atoms with Gasteiger partial charge in [-0.1, -0.05) is 0 Å². The lowest BCUT2D eigenvalue weighted by Gasteiger charge is -2.15. The third-order valence-electron chi connectivity index (χ3n) is 2.62. The second-order valence-electron chi connectivity index (χ2n) is 3.58. The molecule has 78 valence electrons. The lowest BCUT2D eigenvalue weighted by atomic mass is 9.98. The molecule has 1 N–H and O–H groups in total. The maximum Gasteiger partial charge on any atom is 0.104 e. The minimum atomic E-state index is -0.432. The summed E-state index contributed by atoms with van der Waals surface area (Å²) < 4.78 is 8.03. The number of halogens is 1. The number of aliphatic hydroxyl groups excluding tert-OH is 1. The average Bonchev–Trinajstić information content (AvgIpc) is 2.77. The van der Waals surface area contributed by atoms with E-state index in [1.165, 1.54) is 0 Å². The molecule has 0 radical (unpaired) electrons. The Bertz CT molecular complexity index is 321. The third-order valence-corrected chi connectivity index (χ3v) is 3.94. The molecule has 0 aromatic carbocycles. The number of aryl methyl sites for hydroxylation is 1. The Hall–Kier alpha value is -0.140. The minimum absolute atomic E-state index is 0.229. The fourth-order valence-electron chi connectivity index (χ4n) is 1.69. The molecule has 0 bridgehead atoms. The van der Waals surface area contributed by atoms with Gasteiger partial charge in [-0.25, -0.2) is 0 Å². The number of aliphatic hydroxyl groups is 1. The van der Waals surface area contributed by atoms with Gasteiger partial charge in [-0.05, 0) is 29.0 Å². The molecular weight excluding hydrogens is 295 g/mol. The van der Waals surface area contributed by atoms with Gasteiger partial charge in [0.25, 0.3) is 0 Å². The fraction of sp³-hybridized carbons (Fsp3) is 0.667. The number of hydrogen-bond acceptors (Lipinski definition) is 3. The Balaban J connectivity index is 2.17. The predicted octanol–water partition coefficient (Wildman–Crippen LogP) is 1.09. The maximum atomic E-state index is 10.1. The number of aromatic nitrogens is 2. The Morgan fingerprint density at radius 3 is 3.07 bits per heavy atom. The highest BCUT2D eigenvalue weighted by atomic mass is 127. The molecule has 1 aliphatic rings. The Morgan fingerprint density at radius 1 is 1.79 bits per heavy atom. The lowest BCUT2D eigenvalue weighted by molar-refractivity contribution is 0.0911. The van der Waals surface area contributed by atoms with Crippen LogP contribution in [0.5, 0.6) is 0 Å². The second kappa shape index (κ2) is 4.16. The molecule has 0 spiro atoms. The van der Waals surface area contributed by atoms with Gasteiger partial charge < -0.3 is 9.84 Å². The standard InChI is InChI=1S/C9H13IN2O2/c1-12-9(10)7(4-11-12)8(13)6-2-3-14-5-6/h4,6,8,13H,2-3,5H2,1H3. The van der Waals surface area contributed by atoms with Gasteiger partial charge in [0, 0.05) is 25.1 Å². The first-order valence-electron chi connectivity index (χ1n) is 4.63. The van der Waals surface area contributed by atoms with E-state index in [1.54, 1.807) is 10.9 Å². The van der Waals surface area contributed by atoms with E-state index in [9.17, 15) is 5.11 Å². The summed E-state index contributed by atoms with van der Waals surface area (Å²) in [6, 6.07) is 0. The fourth-order valence-corrected chi connectivity index (χ4v) is 2.28. The van der Waals surface area contributed by atoms with Crippen LogP contribution in [-0.2, 0) is 11.8 Å². The van der Waals surface area contributed by atoms with Crippen molar-refractivity contribution >= 4 is 22.6 Å². The van der Waals surface area contributed by atoms with Gasteiger partial charge in [0.05, 0.1) is 18.9 Å². The summed E-state index contributed by atoms with van der Waals surface area (Å²) in [6.07, 6.45) is 2.25. The molecule has 2 heterocycles. The summed E-state index contributed by atoms with van der Waals surface area (Å²) in [7, 11) is 1.88. The Kier molecular flexibility index (Phi) is 3.08. The van der Waals surface area contributed by atoms with Gasteiger partial charge in [0.2, 0.25) is 0 Å². The quantitative estimate of drug-likeness (QED) is 0.832. The smallest absolute Gasteiger partial charge is 0.104 e. The van der Waals surface area contributed by atoms with Crippen molar-refractivity contribution in [2.45, 2.75) is 12.5 Å². The van der Waals surface area contributed by atoms with Crippen LogP contribution < -0.4 is 0 Å². The van der Waals surface area contributed by atoms with Crippen molar-refractivity contribution in [3.63, 3.8) is 0 Å². The highest BCUT2D eigenvalue weighted by Gasteiger charge is 2.27. The zero-order valence-corrected chi connectivity index (χ0v) is 10.1. The van der Waals surface area contributed by atoms with Gasteiger partial charge >= 0.3 is 0 Å². The molecule has 1 fully saturated rings. The molecule has 2 unspecified atom stereocenters. The van der Waals surface area contributed by atoms with Gasteiger partial charge in [-0.15, -0.1) is 0 Å². The SMILES string of the molecule is Cn1ncc(C(O)C2CCOC2)c1I. The number of nitrogens with zero attached hydrogens (tertiary/aromatic N) is 2. The first-order chi connectivity index (χ1) is 6.70. The molecule has 2 rings (SSSR count). The summed E-state index contributed by atoms with van der Waals surface area (Å²) in [5, 5.41) is 14.2. The van der Waals surface area contributed by atoms with Gasteiger partial charge in [-0.2, -0.15) is 5.10 Å². The van der Waals surface area contributed by atoms with E-state index in [1.807, 2.05) is 7.05 Å². The Morgan fingerprint density at radius 2 is 2.57 bits per heavy atom. The third kappa shape index (κ3) is 1.80. The van der Waals surface area contributed by atoms with Crippen molar-refractivity contribution in [2.75, 3.05) is 13.2 Å². The first-order valence-corrected chi connectivity index (χ1v) is 5.71. The van der Waals surface area contributed by atoms with E-state index in [-0.39, 0.29) is 5.92 Å². The van der Waals surface area contributed by atoms with Crippen LogP contribution >= 0.6 is 22.6 Å². The molecule has 1 aromatic heterocycles. The zero-order valence-electron chi connectivity index (χ0n) is 7.98. The molecule has 4 nitrogen and oxygen atoms in total. The van der Waals surface area contributed by atoms with Crippen molar-refractivity contribution in [2.24, 2.45) is 13.0 Å². The van der Waals surface area contributed by atoms with E-state index in [0.717, 1.165) is 22.3 Å². The van der Waals surface area contributed by atoms with Crippen LogP contribution in [-0.4, -0.2) is 28.1 Å². The largest absolute Gasteiger partial charge is 0.388 e. The van der Waals surface area contributed by atoms with E-state index in [0.29, 0.717) is 6.61 Å². The predicted molar refractivity (Wildman–Crippen MR) is 59.8 cm³/mol. The number of hydrogen-bond donors (Lipinski definition) is 1. The number of ether oxygens (including phenoxy) is 1. The summed E-state index contributed by atoms with van der Waals surface area (Å²) in [5.41, 5.74) is 0.920. The van der Waals surface area contributed by atoms with Crippen LogP contribution in [0.1, 0.15) is 18.1 Å². The average molecular weight is 308 g/mol. The van der Waals surface area contributed by atoms with Gasteiger partial charge in [-0.3, -0.25) is 4.68 Å². The van der Waals surface area contributed by atoms with Crippen molar-refractivity contribution in [1.82, 2.24) is 9.78 Å². The molecule has 0 amide bonds. The van der Waals surface area contributed by atoms with Crippen LogP contribution in [0, 0.1) is 9.62 Å². The molecule has 5 heteroatoms. The van der Waals surface area contributed by atoms with Gasteiger partial charge in [0.1, 0.15) is 3.70 Å². The molecule has 2 atom stereocenters. The zero-order chi connectivity index (χ0) is 10.1. The molecule has 14 heavy (non-hydrogen) atoms. The first kappa shape index (κ1) is 10.4. The van der Waals surface area contributed by atoms with Crippen LogP contribution in [0.15, 0.2) is 6.20 Å². The molecule has 1 aliphatic heterocycles. The minimum Gasteiger partial charge on any atom is -0.388 e. The number of rotatable bonds is 2. The van der Waals surface area contributed by atoms with Crippen LogP contribution in [0.3, 0.4) is 0 Å². The van der Waals surface area contributed by atoms with Gasteiger partial charge in [0.15, 0.2) is 0 Å².